The number of fused-ring (bicyclic) bond motifs is 1. The van der Waals surface area contributed by atoms with Crippen LogP contribution < -0.4 is 18.7 Å². The van der Waals surface area contributed by atoms with E-state index in [1.807, 2.05) is 19.1 Å². The second-order valence-corrected chi connectivity index (χ2v) is 10.9. The number of benzene rings is 2. The Balaban J connectivity index is 1.45. The molecule has 0 spiro atoms. The van der Waals surface area contributed by atoms with Crippen LogP contribution in [0.5, 0.6) is 11.5 Å². The van der Waals surface area contributed by atoms with Gasteiger partial charge in [-0.1, -0.05) is 12.1 Å². The first-order valence-corrected chi connectivity index (χ1v) is 12.9. The van der Waals surface area contributed by atoms with Crippen LogP contribution in [0.3, 0.4) is 0 Å². The number of sulfonamides is 1. The maximum atomic E-state index is 13.0. The molecule has 2 aromatic carbocycles. The van der Waals surface area contributed by atoms with Gasteiger partial charge in [0.1, 0.15) is 15.7 Å². The number of aryl methyl sites for hydroxylation is 1. The van der Waals surface area contributed by atoms with Gasteiger partial charge in [0.15, 0.2) is 6.61 Å². The highest BCUT2D eigenvalue weighted by molar-refractivity contribution is 7.94. The molecule has 0 aliphatic carbocycles. The maximum absolute atomic E-state index is 13.0. The third kappa shape index (κ3) is 4.56. The molecule has 9 heteroatoms. The van der Waals surface area contributed by atoms with E-state index in [-0.39, 0.29) is 16.7 Å². The lowest BCUT2D eigenvalue weighted by atomic mass is 9.96. The Bertz CT molecular complexity index is 1240. The molecule has 2 heterocycles. The average Bonchev–Trinajstić information content (AvgIpc) is 3.38. The molecule has 1 aliphatic rings. The summed E-state index contributed by atoms with van der Waals surface area (Å²) < 4.78 is 38.1. The van der Waals surface area contributed by atoms with Gasteiger partial charge in [0, 0.05) is 13.6 Å². The number of hydrogen-bond donors (Lipinski definition) is 0. The smallest absolute Gasteiger partial charge is 0.273 e. The maximum Gasteiger partial charge on any atom is 0.273 e. The molecule has 7 nitrogen and oxygen atoms in total. The van der Waals surface area contributed by atoms with Crippen LogP contribution in [0.4, 0.5) is 11.4 Å². The zero-order valence-electron chi connectivity index (χ0n) is 18.8. The minimum Gasteiger partial charge on any atom is -0.495 e. The molecule has 174 valence electrons. The van der Waals surface area contributed by atoms with Crippen molar-refractivity contribution >= 4 is 38.6 Å². The number of methoxy groups -OCH3 is 1. The van der Waals surface area contributed by atoms with E-state index < -0.39 is 10.0 Å². The van der Waals surface area contributed by atoms with Crippen molar-refractivity contribution in [2.24, 2.45) is 0 Å². The summed E-state index contributed by atoms with van der Waals surface area (Å²) in [5.41, 5.74) is 3.61. The molecule has 1 aromatic heterocycles. The van der Waals surface area contributed by atoms with Gasteiger partial charge in [-0.15, -0.1) is 11.3 Å². The van der Waals surface area contributed by atoms with Crippen molar-refractivity contribution in [3.05, 3.63) is 65.0 Å². The first kappa shape index (κ1) is 23.1. The van der Waals surface area contributed by atoms with E-state index in [2.05, 4.69) is 0 Å². The number of hydrogen-bond acceptors (Lipinski definition) is 6. The second-order valence-electron chi connectivity index (χ2n) is 7.75. The SMILES string of the molecule is COc1ccc(C)c2c1N(C(=O)COc1ccc(N(C)S(=O)(=O)c3cccs3)cc1)CCC2. The molecule has 0 saturated heterocycles. The summed E-state index contributed by atoms with van der Waals surface area (Å²) in [6, 6.07) is 13.8. The number of carbonyl (C=O) groups excluding carboxylic acids is 1. The fourth-order valence-corrected chi connectivity index (χ4v) is 6.28. The lowest BCUT2D eigenvalue weighted by Gasteiger charge is -2.32. The zero-order valence-corrected chi connectivity index (χ0v) is 20.4. The lowest BCUT2D eigenvalue weighted by molar-refractivity contribution is -0.120. The van der Waals surface area contributed by atoms with Gasteiger partial charge < -0.3 is 14.4 Å². The monoisotopic (exact) mass is 486 g/mol. The van der Waals surface area contributed by atoms with E-state index in [1.54, 1.807) is 53.8 Å². The van der Waals surface area contributed by atoms with Crippen molar-refractivity contribution in [1.29, 1.82) is 0 Å². The summed E-state index contributed by atoms with van der Waals surface area (Å²) in [5, 5.41) is 1.73. The van der Waals surface area contributed by atoms with E-state index in [0.717, 1.165) is 29.7 Å². The van der Waals surface area contributed by atoms with Gasteiger partial charge in [-0.3, -0.25) is 9.10 Å². The molecule has 1 aliphatic heterocycles. The molecule has 0 N–H and O–H groups in total. The highest BCUT2D eigenvalue weighted by Crippen LogP contribution is 2.38. The largest absolute Gasteiger partial charge is 0.495 e. The van der Waals surface area contributed by atoms with Crippen LogP contribution in [0.25, 0.3) is 0 Å². The highest BCUT2D eigenvalue weighted by atomic mass is 32.2. The summed E-state index contributed by atoms with van der Waals surface area (Å²) in [4.78, 5) is 14.7. The zero-order chi connectivity index (χ0) is 23.6. The van der Waals surface area contributed by atoms with Crippen molar-refractivity contribution in [1.82, 2.24) is 0 Å². The Labute approximate surface area is 198 Å². The molecule has 0 saturated carbocycles. The average molecular weight is 487 g/mol. The Morgan fingerprint density at radius 2 is 1.91 bits per heavy atom. The number of nitrogens with zero attached hydrogens (tertiary/aromatic N) is 2. The molecule has 3 aromatic rings. The molecular formula is C24H26N2O5S2. The van der Waals surface area contributed by atoms with Crippen LogP contribution in [-0.4, -0.2) is 41.6 Å². The summed E-state index contributed by atoms with van der Waals surface area (Å²) in [5.74, 6) is 1.02. The number of anilines is 2. The van der Waals surface area contributed by atoms with Crippen LogP contribution in [0, 0.1) is 6.92 Å². The Hall–Kier alpha value is -3.04. The van der Waals surface area contributed by atoms with Crippen LogP contribution >= 0.6 is 11.3 Å². The molecule has 1 amide bonds. The second kappa shape index (κ2) is 9.44. The predicted molar refractivity (Wildman–Crippen MR) is 130 cm³/mol. The number of carbonyl (C=O) groups is 1. The number of rotatable bonds is 7. The molecule has 0 fully saturated rings. The molecule has 33 heavy (non-hydrogen) atoms. The Morgan fingerprint density at radius 1 is 1.15 bits per heavy atom. The van der Waals surface area contributed by atoms with E-state index in [0.29, 0.717) is 23.7 Å². The van der Waals surface area contributed by atoms with Gasteiger partial charge in [-0.05, 0) is 72.7 Å². The molecule has 0 atom stereocenters. The highest BCUT2D eigenvalue weighted by Gasteiger charge is 2.27. The van der Waals surface area contributed by atoms with Crippen LogP contribution in [0.2, 0.25) is 0 Å². The minimum absolute atomic E-state index is 0.126. The minimum atomic E-state index is -3.60. The standard InChI is InChI=1S/C24H26N2O5S2/c1-17-8-13-21(30-3)24-20(17)6-4-14-26(24)22(27)16-31-19-11-9-18(10-12-19)25(2)33(28,29)23-7-5-15-32-23/h5,7-13,15H,4,6,14,16H2,1-3H3. The van der Waals surface area contributed by atoms with Crippen LogP contribution in [0.1, 0.15) is 17.5 Å². The van der Waals surface area contributed by atoms with Gasteiger partial charge in [-0.2, -0.15) is 0 Å². The normalized spacial score (nSPS) is 13.4. The van der Waals surface area contributed by atoms with Crippen molar-refractivity contribution in [2.45, 2.75) is 24.0 Å². The van der Waals surface area contributed by atoms with Gasteiger partial charge in [0.2, 0.25) is 0 Å². The topological polar surface area (TPSA) is 76.2 Å². The van der Waals surface area contributed by atoms with Gasteiger partial charge in [0.25, 0.3) is 15.9 Å². The fourth-order valence-electron chi connectivity index (χ4n) is 3.93. The summed E-state index contributed by atoms with van der Waals surface area (Å²) in [7, 11) is -0.483. The van der Waals surface area contributed by atoms with Crippen molar-refractivity contribution in [3.8, 4) is 11.5 Å². The van der Waals surface area contributed by atoms with Crippen molar-refractivity contribution in [3.63, 3.8) is 0 Å². The van der Waals surface area contributed by atoms with Gasteiger partial charge in [0.05, 0.1) is 18.5 Å². The number of amides is 1. The summed E-state index contributed by atoms with van der Waals surface area (Å²) in [6.45, 7) is 2.53. The molecule has 0 bridgehead atoms. The van der Waals surface area contributed by atoms with Crippen LogP contribution in [0.15, 0.2) is 58.1 Å². The summed E-state index contributed by atoms with van der Waals surface area (Å²) >= 11 is 1.17. The molecule has 0 unspecified atom stereocenters. The Kier molecular flexibility index (Phi) is 6.62. The first-order valence-electron chi connectivity index (χ1n) is 10.5. The first-order chi connectivity index (χ1) is 15.8. The molecular weight excluding hydrogens is 460 g/mol. The number of ether oxygens (including phenoxy) is 2. The van der Waals surface area contributed by atoms with Gasteiger partial charge >= 0.3 is 0 Å². The van der Waals surface area contributed by atoms with Crippen molar-refractivity contribution < 1.29 is 22.7 Å². The van der Waals surface area contributed by atoms with E-state index in [4.69, 9.17) is 9.47 Å². The predicted octanol–water partition coefficient (Wildman–Crippen LogP) is 4.25. The fraction of sp³-hybridized carbons (Fsp3) is 0.292. The van der Waals surface area contributed by atoms with Crippen LogP contribution in [-0.2, 0) is 21.2 Å². The third-order valence-corrected chi connectivity index (χ3v) is 8.91. The Morgan fingerprint density at radius 3 is 2.58 bits per heavy atom. The van der Waals surface area contributed by atoms with E-state index >= 15 is 0 Å². The third-order valence-electron chi connectivity index (χ3n) is 5.75. The molecule has 4 rings (SSSR count). The quantitative estimate of drug-likeness (QED) is 0.499. The lowest BCUT2D eigenvalue weighted by Crippen LogP contribution is -2.39. The summed E-state index contributed by atoms with van der Waals surface area (Å²) in [6.07, 6.45) is 1.79. The number of thiophene rings is 1. The van der Waals surface area contributed by atoms with Crippen molar-refractivity contribution in [2.75, 3.05) is 36.5 Å². The van der Waals surface area contributed by atoms with Gasteiger partial charge in [-0.25, -0.2) is 8.42 Å². The molecule has 0 radical (unpaired) electrons. The van der Waals surface area contributed by atoms with E-state index in [9.17, 15) is 13.2 Å². The van der Waals surface area contributed by atoms with E-state index in [1.165, 1.54) is 22.7 Å².